The molecule has 2 fully saturated rings. The summed E-state index contributed by atoms with van der Waals surface area (Å²) in [4.78, 5) is 16.7. The van der Waals surface area contributed by atoms with Crippen LogP contribution in [0.15, 0.2) is 5.38 Å². The van der Waals surface area contributed by atoms with Crippen molar-refractivity contribution in [2.75, 3.05) is 13.1 Å². The Morgan fingerprint density at radius 2 is 2.27 bits per heavy atom. The Morgan fingerprint density at radius 1 is 1.60 bits per heavy atom. The highest BCUT2D eigenvalue weighted by Crippen LogP contribution is 2.57. The zero-order valence-electron chi connectivity index (χ0n) is 8.38. The predicted octanol–water partition coefficient (Wildman–Crippen LogP) is 1.77. The van der Waals surface area contributed by atoms with Gasteiger partial charge in [-0.15, -0.1) is 11.3 Å². The molecule has 1 aromatic rings. The first-order chi connectivity index (χ1) is 7.16. The van der Waals surface area contributed by atoms with Crippen molar-refractivity contribution < 1.29 is 9.90 Å². The molecule has 1 aliphatic heterocycles. The molecule has 0 unspecified atom stereocenters. The van der Waals surface area contributed by atoms with Crippen molar-refractivity contribution >= 4 is 17.4 Å². The maximum Gasteiger partial charge on any atom is 0.407 e. The fourth-order valence-corrected chi connectivity index (χ4v) is 3.31. The summed E-state index contributed by atoms with van der Waals surface area (Å²) in [7, 11) is 0. The van der Waals surface area contributed by atoms with Crippen molar-refractivity contribution in [1.29, 1.82) is 0 Å². The van der Waals surface area contributed by atoms with Gasteiger partial charge >= 0.3 is 6.09 Å². The van der Waals surface area contributed by atoms with E-state index < -0.39 is 6.09 Å². The highest BCUT2D eigenvalue weighted by atomic mass is 32.1. The summed E-state index contributed by atoms with van der Waals surface area (Å²) in [5.74, 6) is 1.59. The fourth-order valence-electron chi connectivity index (χ4n) is 2.65. The number of aromatic nitrogens is 1. The van der Waals surface area contributed by atoms with Crippen molar-refractivity contribution in [1.82, 2.24) is 9.88 Å². The van der Waals surface area contributed by atoms with Gasteiger partial charge in [-0.1, -0.05) is 0 Å². The number of aryl methyl sites for hydroxylation is 1. The number of carbonyl (C=O) groups is 1. The minimum atomic E-state index is -0.782. The lowest BCUT2D eigenvalue weighted by atomic mass is 10.2. The zero-order valence-corrected chi connectivity index (χ0v) is 9.20. The number of carboxylic acid groups (broad SMARTS) is 1. The molecule has 1 amide bonds. The maximum atomic E-state index is 10.7. The van der Waals surface area contributed by atoms with Crippen LogP contribution in [0, 0.1) is 18.8 Å². The second-order valence-electron chi connectivity index (χ2n) is 4.33. The molecule has 3 rings (SSSR count). The summed E-state index contributed by atoms with van der Waals surface area (Å²) < 4.78 is 0. The summed E-state index contributed by atoms with van der Waals surface area (Å²) in [6.07, 6.45) is -0.782. The van der Waals surface area contributed by atoms with Gasteiger partial charge in [0.15, 0.2) is 0 Å². The number of nitrogens with zero attached hydrogens (tertiary/aromatic N) is 2. The average molecular weight is 224 g/mol. The van der Waals surface area contributed by atoms with Crippen molar-refractivity contribution in [3.05, 3.63) is 16.1 Å². The Bertz CT molecular complexity index is 405. The standard InChI is InChI=1S/C10H12N2O2S/c1-5-11-8(4-15-5)9-6-2-12(10(13)14)3-7(6)9/h4,6-7,9H,2-3H2,1H3,(H,13,14)/t6-,7-/m0/s1. The first-order valence-corrected chi connectivity index (χ1v) is 5.94. The van der Waals surface area contributed by atoms with Crippen LogP contribution in [0.25, 0.3) is 0 Å². The van der Waals surface area contributed by atoms with Crippen LogP contribution in [-0.4, -0.2) is 34.2 Å². The van der Waals surface area contributed by atoms with Crippen LogP contribution in [-0.2, 0) is 0 Å². The SMILES string of the molecule is Cc1nc(C2[C@H]3CN(C(=O)O)C[C@H]23)cs1. The van der Waals surface area contributed by atoms with Crippen LogP contribution in [0.1, 0.15) is 16.6 Å². The molecule has 0 spiro atoms. The van der Waals surface area contributed by atoms with E-state index in [-0.39, 0.29) is 0 Å². The molecule has 5 heteroatoms. The normalized spacial score (nSPS) is 32.9. The molecule has 80 valence electrons. The van der Waals surface area contributed by atoms with Gasteiger partial charge in [-0.05, 0) is 18.8 Å². The third kappa shape index (κ3) is 1.33. The largest absolute Gasteiger partial charge is 0.465 e. The van der Waals surface area contributed by atoms with Crippen LogP contribution in [0.2, 0.25) is 0 Å². The molecule has 2 heterocycles. The fraction of sp³-hybridized carbons (Fsp3) is 0.600. The molecule has 2 aliphatic rings. The number of hydrogen-bond donors (Lipinski definition) is 1. The lowest BCUT2D eigenvalue weighted by molar-refractivity contribution is 0.150. The summed E-state index contributed by atoms with van der Waals surface area (Å²) >= 11 is 1.68. The second kappa shape index (κ2) is 2.95. The second-order valence-corrected chi connectivity index (χ2v) is 5.39. The number of thiazole rings is 1. The molecule has 15 heavy (non-hydrogen) atoms. The molecule has 0 radical (unpaired) electrons. The van der Waals surface area contributed by atoms with Gasteiger partial charge in [0.1, 0.15) is 0 Å². The highest BCUT2D eigenvalue weighted by molar-refractivity contribution is 7.09. The summed E-state index contributed by atoms with van der Waals surface area (Å²) in [5.41, 5.74) is 1.18. The predicted molar refractivity (Wildman–Crippen MR) is 56.2 cm³/mol. The van der Waals surface area contributed by atoms with E-state index in [2.05, 4.69) is 10.4 Å². The van der Waals surface area contributed by atoms with Gasteiger partial charge in [-0.2, -0.15) is 0 Å². The van der Waals surface area contributed by atoms with Crippen molar-refractivity contribution in [3.8, 4) is 0 Å². The van der Waals surface area contributed by atoms with Crippen LogP contribution in [0.5, 0.6) is 0 Å². The van der Waals surface area contributed by atoms with E-state index in [1.165, 1.54) is 10.6 Å². The smallest absolute Gasteiger partial charge is 0.407 e. The van der Waals surface area contributed by atoms with E-state index in [4.69, 9.17) is 5.11 Å². The average Bonchev–Trinajstić information content (AvgIpc) is 2.62. The van der Waals surface area contributed by atoms with Gasteiger partial charge in [-0.3, -0.25) is 0 Å². The lowest BCUT2D eigenvalue weighted by Gasteiger charge is -2.14. The molecule has 1 saturated heterocycles. The van der Waals surface area contributed by atoms with Crippen LogP contribution in [0.3, 0.4) is 0 Å². The van der Waals surface area contributed by atoms with E-state index in [0.29, 0.717) is 30.8 Å². The Morgan fingerprint density at radius 3 is 2.73 bits per heavy atom. The molecule has 0 aromatic carbocycles. The number of likely N-dealkylation sites (tertiary alicyclic amines) is 1. The van der Waals surface area contributed by atoms with Gasteiger partial charge in [-0.25, -0.2) is 9.78 Å². The quantitative estimate of drug-likeness (QED) is 0.791. The van der Waals surface area contributed by atoms with Crippen molar-refractivity contribution in [2.24, 2.45) is 11.8 Å². The topological polar surface area (TPSA) is 53.4 Å². The molecule has 0 bridgehead atoms. The third-order valence-electron chi connectivity index (χ3n) is 3.44. The minimum absolute atomic E-state index is 0.530. The first kappa shape index (κ1) is 9.15. The summed E-state index contributed by atoms with van der Waals surface area (Å²) in [5, 5.41) is 12.0. The third-order valence-corrected chi connectivity index (χ3v) is 4.23. The van der Waals surface area contributed by atoms with Gasteiger partial charge in [0.2, 0.25) is 0 Å². The van der Waals surface area contributed by atoms with Gasteiger partial charge in [0, 0.05) is 24.4 Å². The van der Waals surface area contributed by atoms with Crippen LogP contribution < -0.4 is 0 Å². The van der Waals surface area contributed by atoms with Gasteiger partial charge in [0.05, 0.1) is 10.7 Å². The lowest BCUT2D eigenvalue weighted by Crippen LogP contribution is -2.29. The number of rotatable bonds is 1. The van der Waals surface area contributed by atoms with E-state index >= 15 is 0 Å². The first-order valence-electron chi connectivity index (χ1n) is 5.06. The number of amides is 1. The van der Waals surface area contributed by atoms with Crippen molar-refractivity contribution in [3.63, 3.8) is 0 Å². The summed E-state index contributed by atoms with van der Waals surface area (Å²) in [6, 6.07) is 0. The Balaban J connectivity index is 1.70. The molecule has 1 N–H and O–H groups in total. The van der Waals surface area contributed by atoms with Gasteiger partial charge < -0.3 is 10.0 Å². The van der Waals surface area contributed by atoms with E-state index in [0.717, 1.165) is 5.01 Å². The molecule has 1 aromatic heterocycles. The minimum Gasteiger partial charge on any atom is -0.465 e. The van der Waals surface area contributed by atoms with E-state index in [1.54, 1.807) is 11.3 Å². The molecule has 2 atom stereocenters. The Hall–Kier alpha value is -1.10. The molecular weight excluding hydrogens is 212 g/mol. The van der Waals surface area contributed by atoms with Gasteiger partial charge in [0.25, 0.3) is 0 Å². The molecule has 4 nitrogen and oxygen atoms in total. The Labute approximate surface area is 91.5 Å². The number of piperidine rings is 1. The van der Waals surface area contributed by atoms with Crippen molar-refractivity contribution in [2.45, 2.75) is 12.8 Å². The zero-order chi connectivity index (χ0) is 10.6. The molecule has 1 aliphatic carbocycles. The Kier molecular flexibility index (Phi) is 1.80. The number of hydrogen-bond acceptors (Lipinski definition) is 3. The molecular formula is C10H12N2O2S. The monoisotopic (exact) mass is 224 g/mol. The number of fused-ring (bicyclic) bond motifs is 1. The van der Waals surface area contributed by atoms with Crippen LogP contribution in [0.4, 0.5) is 4.79 Å². The summed E-state index contributed by atoms with van der Waals surface area (Å²) in [6.45, 7) is 3.40. The highest BCUT2D eigenvalue weighted by Gasteiger charge is 2.58. The maximum absolute atomic E-state index is 10.7. The van der Waals surface area contributed by atoms with E-state index in [1.807, 2.05) is 6.92 Å². The molecule has 1 saturated carbocycles. The van der Waals surface area contributed by atoms with Crippen LogP contribution >= 0.6 is 11.3 Å². The van der Waals surface area contributed by atoms with E-state index in [9.17, 15) is 4.79 Å².